The summed E-state index contributed by atoms with van der Waals surface area (Å²) in [5, 5.41) is 4.51. The van der Waals surface area contributed by atoms with Gasteiger partial charge in [0.2, 0.25) is 10.0 Å². The number of amides is 1. The van der Waals surface area contributed by atoms with Crippen LogP contribution in [0.1, 0.15) is 31.1 Å². The normalized spacial score (nSPS) is 15.7. The van der Waals surface area contributed by atoms with E-state index in [1.165, 1.54) is 41.1 Å². The molecule has 1 fully saturated rings. The molecule has 0 aliphatic carbocycles. The zero-order valence-corrected chi connectivity index (χ0v) is 18.8. The second-order valence-electron chi connectivity index (χ2n) is 8.37. The summed E-state index contributed by atoms with van der Waals surface area (Å²) in [6.07, 6.45) is 2.65. The first-order valence-electron chi connectivity index (χ1n) is 10.0. The van der Waals surface area contributed by atoms with Gasteiger partial charge in [0, 0.05) is 18.7 Å². The molecule has 0 bridgehead atoms. The lowest BCUT2D eigenvalue weighted by Gasteiger charge is -2.26. The fraction of sp³-hybridized carbons (Fsp3) is 0.400. The minimum absolute atomic E-state index is 0.0887. The lowest BCUT2D eigenvalue weighted by molar-refractivity contribution is 0.0730. The van der Waals surface area contributed by atoms with E-state index in [-0.39, 0.29) is 34.5 Å². The molecule has 1 aliphatic heterocycles. The number of morpholine rings is 1. The van der Waals surface area contributed by atoms with Gasteiger partial charge in [-0.3, -0.25) is 15.0 Å². The predicted molar refractivity (Wildman–Crippen MR) is 116 cm³/mol. The van der Waals surface area contributed by atoms with Gasteiger partial charge in [-0.2, -0.15) is 9.40 Å². The molecular formula is C20H24N6O5S. The van der Waals surface area contributed by atoms with Gasteiger partial charge in [0.15, 0.2) is 5.65 Å². The van der Waals surface area contributed by atoms with Crippen molar-refractivity contribution in [1.29, 1.82) is 0 Å². The summed E-state index contributed by atoms with van der Waals surface area (Å²) >= 11 is 0. The summed E-state index contributed by atoms with van der Waals surface area (Å²) in [4.78, 5) is 29.7. The van der Waals surface area contributed by atoms with Crippen molar-refractivity contribution in [3.8, 4) is 0 Å². The third kappa shape index (κ3) is 4.04. The number of carbonyl (C=O) groups is 1. The highest BCUT2D eigenvalue weighted by Gasteiger charge is 2.26. The lowest BCUT2D eigenvalue weighted by Crippen LogP contribution is -2.40. The molecule has 0 saturated carbocycles. The minimum Gasteiger partial charge on any atom is -0.379 e. The number of sulfonamides is 1. The van der Waals surface area contributed by atoms with Crippen LogP contribution in [-0.2, 0) is 20.3 Å². The van der Waals surface area contributed by atoms with Gasteiger partial charge in [-0.05, 0) is 45.0 Å². The highest BCUT2D eigenvalue weighted by molar-refractivity contribution is 7.89. The Morgan fingerprint density at radius 1 is 1.12 bits per heavy atom. The van der Waals surface area contributed by atoms with Crippen LogP contribution in [0.2, 0.25) is 0 Å². The van der Waals surface area contributed by atoms with E-state index in [0.29, 0.717) is 18.9 Å². The van der Waals surface area contributed by atoms with Gasteiger partial charge in [0.1, 0.15) is 11.7 Å². The zero-order valence-electron chi connectivity index (χ0n) is 18.0. The molecule has 2 aromatic heterocycles. The Balaban J connectivity index is 1.55. The first-order chi connectivity index (χ1) is 15.1. The molecule has 0 atom stereocenters. The summed E-state index contributed by atoms with van der Waals surface area (Å²) in [6.45, 7) is 7.10. The summed E-state index contributed by atoms with van der Waals surface area (Å²) in [6, 6.07) is 5.54. The number of carbonyl (C=O) groups excluding carboxylic acids is 1. The summed E-state index contributed by atoms with van der Waals surface area (Å²) in [5.74, 6) is -0.577. The van der Waals surface area contributed by atoms with Gasteiger partial charge in [0.05, 0.1) is 29.8 Å². The number of aromatic nitrogens is 4. The lowest BCUT2D eigenvalue weighted by atomic mass is 10.1. The summed E-state index contributed by atoms with van der Waals surface area (Å²) < 4.78 is 34.6. The second-order valence-corrected chi connectivity index (χ2v) is 10.3. The predicted octanol–water partition coefficient (Wildman–Crippen LogP) is 0.753. The molecule has 1 aromatic carbocycles. The largest absolute Gasteiger partial charge is 0.379 e. The maximum Gasteiger partial charge on any atom is 0.283 e. The molecule has 1 amide bonds. The molecule has 1 saturated heterocycles. The molecule has 3 aromatic rings. The van der Waals surface area contributed by atoms with Gasteiger partial charge < -0.3 is 4.74 Å². The van der Waals surface area contributed by atoms with Crippen molar-refractivity contribution in [2.24, 2.45) is 0 Å². The molecule has 1 N–H and O–H groups in total. The van der Waals surface area contributed by atoms with Gasteiger partial charge in [-0.15, -0.1) is 0 Å². The van der Waals surface area contributed by atoms with Crippen molar-refractivity contribution in [3.05, 3.63) is 52.7 Å². The van der Waals surface area contributed by atoms with Crippen molar-refractivity contribution in [2.75, 3.05) is 31.7 Å². The molecule has 3 heterocycles. The molecule has 4 rings (SSSR count). The van der Waals surface area contributed by atoms with Crippen LogP contribution in [0.25, 0.3) is 11.0 Å². The quantitative estimate of drug-likeness (QED) is 0.608. The molecule has 11 nitrogen and oxygen atoms in total. The fourth-order valence-electron chi connectivity index (χ4n) is 3.37. The number of nitrogens with one attached hydrogen (secondary N) is 1. The Bertz CT molecular complexity index is 1320. The van der Waals surface area contributed by atoms with Gasteiger partial charge in [-0.25, -0.2) is 22.8 Å². The van der Waals surface area contributed by atoms with E-state index in [0.717, 1.165) is 4.68 Å². The smallest absolute Gasteiger partial charge is 0.283 e. The topological polar surface area (TPSA) is 128 Å². The van der Waals surface area contributed by atoms with E-state index >= 15 is 0 Å². The summed E-state index contributed by atoms with van der Waals surface area (Å²) in [5.41, 5.74) is 2.27. The Labute approximate surface area is 184 Å². The van der Waals surface area contributed by atoms with Crippen molar-refractivity contribution in [2.45, 2.75) is 31.2 Å². The van der Waals surface area contributed by atoms with E-state index in [9.17, 15) is 18.0 Å². The average Bonchev–Trinajstić information content (AvgIpc) is 3.22. The number of rotatable bonds is 4. The van der Waals surface area contributed by atoms with E-state index in [2.05, 4.69) is 15.5 Å². The zero-order chi connectivity index (χ0) is 23.1. The van der Waals surface area contributed by atoms with Gasteiger partial charge in [0.25, 0.3) is 11.5 Å². The third-order valence-corrected chi connectivity index (χ3v) is 6.98. The molecule has 0 radical (unpaired) electrons. The fourth-order valence-corrected chi connectivity index (χ4v) is 4.78. The Kier molecular flexibility index (Phi) is 5.61. The number of fused-ring (bicyclic) bond motifs is 1. The molecule has 0 unspecified atom stereocenters. The first-order valence-corrected chi connectivity index (χ1v) is 11.5. The molecule has 32 heavy (non-hydrogen) atoms. The van der Waals surface area contributed by atoms with E-state index in [1.807, 2.05) is 20.8 Å². The maximum atomic E-state index is 12.8. The minimum atomic E-state index is -3.66. The van der Waals surface area contributed by atoms with E-state index in [1.54, 1.807) is 4.68 Å². The second kappa shape index (κ2) is 8.11. The number of hydrogen-bond acceptors (Lipinski definition) is 7. The molecular weight excluding hydrogens is 436 g/mol. The number of ether oxygens (including phenoxy) is 1. The van der Waals surface area contributed by atoms with Crippen LogP contribution in [0.15, 0.2) is 46.5 Å². The molecule has 12 heteroatoms. The van der Waals surface area contributed by atoms with Crippen LogP contribution in [0, 0.1) is 0 Å². The Morgan fingerprint density at radius 2 is 1.78 bits per heavy atom. The van der Waals surface area contributed by atoms with Gasteiger partial charge in [-0.1, -0.05) is 0 Å². The summed E-state index contributed by atoms with van der Waals surface area (Å²) in [7, 11) is -3.66. The van der Waals surface area contributed by atoms with Crippen LogP contribution in [-0.4, -0.2) is 64.4 Å². The van der Waals surface area contributed by atoms with Crippen molar-refractivity contribution in [3.63, 3.8) is 0 Å². The van der Waals surface area contributed by atoms with Crippen molar-refractivity contribution in [1.82, 2.24) is 23.7 Å². The Morgan fingerprint density at radius 3 is 2.41 bits per heavy atom. The highest BCUT2D eigenvalue weighted by atomic mass is 32.2. The molecule has 0 spiro atoms. The van der Waals surface area contributed by atoms with E-state index in [4.69, 9.17) is 4.74 Å². The first kappa shape index (κ1) is 22.1. The number of benzene rings is 1. The van der Waals surface area contributed by atoms with Crippen LogP contribution < -0.4 is 11.0 Å². The van der Waals surface area contributed by atoms with E-state index < -0.39 is 21.5 Å². The number of hydrogen-bond donors (Lipinski definition) is 1. The van der Waals surface area contributed by atoms with Crippen LogP contribution in [0.3, 0.4) is 0 Å². The molecule has 1 aliphatic rings. The number of nitrogens with zero attached hydrogens (tertiary/aromatic N) is 5. The van der Waals surface area contributed by atoms with Crippen molar-refractivity contribution < 1.29 is 17.9 Å². The average molecular weight is 461 g/mol. The third-order valence-electron chi connectivity index (χ3n) is 5.07. The maximum absolute atomic E-state index is 12.8. The molecule has 170 valence electrons. The monoisotopic (exact) mass is 460 g/mol. The van der Waals surface area contributed by atoms with Crippen LogP contribution in [0.4, 0.5) is 0 Å². The highest BCUT2D eigenvalue weighted by Crippen LogP contribution is 2.19. The van der Waals surface area contributed by atoms with Crippen LogP contribution in [0.5, 0.6) is 0 Å². The standard InChI is InChI=1S/C20H24N6O5S/c1-20(2,3)26-17-16(12-22-26)19(28)25(13-21-17)23-18(27)14-4-6-15(7-5-14)32(29,30)24-8-10-31-11-9-24/h4-7,12-13H,8-11H2,1-3H3,(H,23,27). The van der Waals surface area contributed by atoms with Gasteiger partial charge >= 0.3 is 0 Å². The Hall–Kier alpha value is -3.09. The van der Waals surface area contributed by atoms with Crippen molar-refractivity contribution >= 4 is 27.0 Å². The van der Waals surface area contributed by atoms with Crippen LogP contribution >= 0.6 is 0 Å². The SMILES string of the molecule is CC(C)(C)n1ncc2c(=O)n(NC(=O)c3ccc(S(=O)(=O)N4CCOCC4)cc3)cnc21.